The van der Waals surface area contributed by atoms with E-state index in [1.807, 2.05) is 0 Å². The second kappa shape index (κ2) is 3.98. The number of methoxy groups -OCH3 is 1. The zero-order chi connectivity index (χ0) is 11.8. The minimum atomic E-state index is -0.764. The molecular formula is C12H13ClO3. The number of carbonyl (C=O) groups is 1. The molecule has 1 N–H and O–H groups in total. The maximum atomic E-state index is 11.3. The molecule has 0 unspecified atom stereocenters. The molecular weight excluding hydrogens is 228 g/mol. The summed E-state index contributed by atoms with van der Waals surface area (Å²) >= 11 is 6.00. The van der Waals surface area contributed by atoms with E-state index in [0.29, 0.717) is 23.6 Å². The lowest BCUT2D eigenvalue weighted by molar-refractivity contribution is -0.147. The van der Waals surface area contributed by atoms with Crippen molar-refractivity contribution < 1.29 is 14.6 Å². The largest absolute Gasteiger partial charge is 0.495 e. The number of aliphatic carboxylic acids is 1. The molecule has 1 aromatic rings. The molecule has 0 aromatic heterocycles. The van der Waals surface area contributed by atoms with Gasteiger partial charge in [-0.2, -0.15) is 0 Å². The van der Waals surface area contributed by atoms with Crippen molar-refractivity contribution in [2.24, 2.45) is 0 Å². The molecule has 0 saturated heterocycles. The van der Waals surface area contributed by atoms with Gasteiger partial charge in [-0.3, -0.25) is 4.79 Å². The van der Waals surface area contributed by atoms with Gasteiger partial charge in [0.1, 0.15) is 5.75 Å². The highest BCUT2D eigenvalue weighted by atomic mass is 35.5. The van der Waals surface area contributed by atoms with Crippen LogP contribution in [0.4, 0.5) is 0 Å². The predicted octanol–water partition coefficient (Wildman–Crippen LogP) is 2.85. The Bertz CT molecular complexity index is 424. The van der Waals surface area contributed by atoms with E-state index in [1.165, 1.54) is 7.11 Å². The van der Waals surface area contributed by atoms with Gasteiger partial charge in [-0.05, 0) is 30.5 Å². The van der Waals surface area contributed by atoms with Crippen LogP contribution in [-0.2, 0) is 10.2 Å². The van der Waals surface area contributed by atoms with Gasteiger partial charge in [0.2, 0.25) is 0 Å². The maximum absolute atomic E-state index is 11.3. The summed E-state index contributed by atoms with van der Waals surface area (Å²) in [6.45, 7) is 0. The third-order valence-corrected chi connectivity index (χ3v) is 3.62. The Morgan fingerprint density at radius 2 is 2.19 bits per heavy atom. The average Bonchev–Trinajstić information content (AvgIpc) is 2.15. The molecule has 0 heterocycles. The first-order valence-corrected chi connectivity index (χ1v) is 5.55. The average molecular weight is 241 g/mol. The smallest absolute Gasteiger partial charge is 0.314 e. The van der Waals surface area contributed by atoms with Crippen molar-refractivity contribution in [3.05, 3.63) is 28.8 Å². The molecule has 1 aromatic carbocycles. The summed E-state index contributed by atoms with van der Waals surface area (Å²) in [5, 5.41) is 9.75. The van der Waals surface area contributed by atoms with Crippen molar-refractivity contribution in [2.75, 3.05) is 7.11 Å². The van der Waals surface area contributed by atoms with Crippen LogP contribution in [-0.4, -0.2) is 18.2 Å². The summed E-state index contributed by atoms with van der Waals surface area (Å²) in [5.41, 5.74) is 0.0488. The third kappa shape index (κ3) is 1.55. The highest BCUT2D eigenvalue weighted by Gasteiger charge is 2.46. The molecule has 0 radical (unpaired) electrons. The standard InChI is InChI=1S/C12H13ClO3/c1-16-10-4-3-8(7-9(10)13)12(11(14)15)5-2-6-12/h3-4,7H,2,5-6H2,1H3,(H,14,15). The monoisotopic (exact) mass is 240 g/mol. The Hall–Kier alpha value is -1.22. The SMILES string of the molecule is COc1ccc(C2(C(=O)O)CCC2)cc1Cl. The molecule has 0 aliphatic heterocycles. The summed E-state index contributed by atoms with van der Waals surface area (Å²) in [4.78, 5) is 11.3. The van der Waals surface area contributed by atoms with Crippen LogP contribution in [0.25, 0.3) is 0 Å². The van der Waals surface area contributed by atoms with Crippen molar-refractivity contribution in [3.63, 3.8) is 0 Å². The number of ether oxygens (including phenoxy) is 1. The summed E-state index contributed by atoms with van der Waals surface area (Å²) in [5.74, 6) is -0.190. The summed E-state index contributed by atoms with van der Waals surface area (Å²) in [6.07, 6.45) is 2.33. The van der Waals surface area contributed by atoms with Gasteiger partial charge in [0, 0.05) is 0 Å². The van der Waals surface area contributed by atoms with Crippen molar-refractivity contribution in [3.8, 4) is 5.75 Å². The maximum Gasteiger partial charge on any atom is 0.314 e. The van der Waals surface area contributed by atoms with Crippen molar-refractivity contribution in [2.45, 2.75) is 24.7 Å². The van der Waals surface area contributed by atoms with Crippen LogP contribution in [0.1, 0.15) is 24.8 Å². The van der Waals surface area contributed by atoms with Gasteiger partial charge in [0.25, 0.3) is 0 Å². The Kier molecular flexibility index (Phi) is 2.80. The molecule has 1 aliphatic rings. The van der Waals surface area contributed by atoms with E-state index in [9.17, 15) is 9.90 Å². The van der Waals surface area contributed by atoms with E-state index < -0.39 is 11.4 Å². The van der Waals surface area contributed by atoms with Crippen LogP contribution in [0, 0.1) is 0 Å². The lowest BCUT2D eigenvalue weighted by Gasteiger charge is -2.38. The zero-order valence-corrected chi connectivity index (χ0v) is 9.75. The molecule has 1 aliphatic carbocycles. The predicted molar refractivity (Wildman–Crippen MR) is 61.2 cm³/mol. The number of carboxylic acid groups (broad SMARTS) is 1. The van der Waals surface area contributed by atoms with Crippen LogP contribution in [0.3, 0.4) is 0 Å². The fourth-order valence-corrected chi connectivity index (χ4v) is 2.38. The fourth-order valence-electron chi connectivity index (χ4n) is 2.12. The Balaban J connectivity index is 2.40. The fraction of sp³-hybridized carbons (Fsp3) is 0.417. The second-order valence-corrected chi connectivity index (χ2v) is 4.50. The van der Waals surface area contributed by atoms with Crippen LogP contribution in [0.5, 0.6) is 5.75 Å². The first-order valence-electron chi connectivity index (χ1n) is 5.17. The number of benzene rings is 1. The normalized spacial score (nSPS) is 17.6. The van der Waals surface area contributed by atoms with Gasteiger partial charge in [-0.15, -0.1) is 0 Å². The molecule has 1 fully saturated rings. The van der Waals surface area contributed by atoms with E-state index in [2.05, 4.69) is 0 Å². The molecule has 86 valence electrons. The first kappa shape index (κ1) is 11.3. The van der Waals surface area contributed by atoms with Crippen LogP contribution >= 0.6 is 11.6 Å². The Morgan fingerprint density at radius 3 is 2.56 bits per heavy atom. The summed E-state index contributed by atoms with van der Waals surface area (Å²) in [6, 6.07) is 5.21. The van der Waals surface area contributed by atoms with Crippen LogP contribution < -0.4 is 4.74 Å². The van der Waals surface area contributed by atoms with Gasteiger partial charge in [-0.25, -0.2) is 0 Å². The highest BCUT2D eigenvalue weighted by molar-refractivity contribution is 6.32. The van der Waals surface area contributed by atoms with Gasteiger partial charge in [-0.1, -0.05) is 24.1 Å². The number of halogens is 1. The lowest BCUT2D eigenvalue weighted by atomic mass is 9.64. The van der Waals surface area contributed by atoms with E-state index in [4.69, 9.17) is 16.3 Å². The quantitative estimate of drug-likeness (QED) is 0.884. The lowest BCUT2D eigenvalue weighted by Crippen LogP contribution is -2.42. The van der Waals surface area contributed by atoms with E-state index >= 15 is 0 Å². The first-order chi connectivity index (χ1) is 7.60. The van der Waals surface area contributed by atoms with Crippen molar-refractivity contribution in [1.29, 1.82) is 0 Å². The van der Waals surface area contributed by atoms with Gasteiger partial charge in [0.15, 0.2) is 0 Å². The van der Waals surface area contributed by atoms with Gasteiger partial charge in [0.05, 0.1) is 17.5 Å². The molecule has 0 amide bonds. The van der Waals surface area contributed by atoms with E-state index in [-0.39, 0.29) is 0 Å². The number of rotatable bonds is 3. The van der Waals surface area contributed by atoms with Crippen molar-refractivity contribution >= 4 is 17.6 Å². The molecule has 0 spiro atoms. The minimum Gasteiger partial charge on any atom is -0.495 e. The second-order valence-electron chi connectivity index (χ2n) is 4.09. The molecule has 3 nitrogen and oxygen atoms in total. The summed E-state index contributed by atoms with van der Waals surface area (Å²) in [7, 11) is 1.54. The number of hydrogen-bond donors (Lipinski definition) is 1. The molecule has 0 bridgehead atoms. The third-order valence-electron chi connectivity index (χ3n) is 3.32. The van der Waals surface area contributed by atoms with E-state index in [1.54, 1.807) is 18.2 Å². The van der Waals surface area contributed by atoms with E-state index in [0.717, 1.165) is 12.0 Å². The van der Waals surface area contributed by atoms with Gasteiger partial charge >= 0.3 is 5.97 Å². The summed E-state index contributed by atoms with van der Waals surface area (Å²) < 4.78 is 5.05. The number of hydrogen-bond acceptors (Lipinski definition) is 2. The zero-order valence-electron chi connectivity index (χ0n) is 9.00. The Labute approximate surface area is 99.0 Å². The molecule has 16 heavy (non-hydrogen) atoms. The minimum absolute atomic E-state index is 0.465. The number of carboxylic acids is 1. The van der Waals surface area contributed by atoms with Crippen molar-refractivity contribution in [1.82, 2.24) is 0 Å². The van der Waals surface area contributed by atoms with Crippen LogP contribution in [0.2, 0.25) is 5.02 Å². The molecule has 1 saturated carbocycles. The molecule has 4 heteroatoms. The topological polar surface area (TPSA) is 46.5 Å². The highest BCUT2D eigenvalue weighted by Crippen LogP contribution is 2.45. The Morgan fingerprint density at radius 1 is 1.50 bits per heavy atom. The molecule has 2 rings (SSSR count). The van der Waals surface area contributed by atoms with Gasteiger partial charge < -0.3 is 9.84 Å². The molecule has 0 atom stereocenters. The van der Waals surface area contributed by atoms with Crippen LogP contribution in [0.15, 0.2) is 18.2 Å².